The normalized spacial score (nSPS) is 21.6. The second-order valence-electron chi connectivity index (χ2n) is 6.31. The molecule has 0 saturated heterocycles. The number of nitrogens with zero attached hydrogens (tertiary/aromatic N) is 1. The first-order valence-corrected chi connectivity index (χ1v) is 9.31. The Morgan fingerprint density at radius 3 is 2.87 bits per heavy atom. The van der Waals surface area contributed by atoms with Crippen molar-refractivity contribution in [2.24, 2.45) is 5.92 Å². The van der Waals surface area contributed by atoms with E-state index in [0.29, 0.717) is 3.92 Å². The van der Waals surface area contributed by atoms with Crippen LogP contribution in [-0.2, 0) is 4.79 Å². The number of pyridine rings is 1. The molecule has 1 N–H and O–H groups in total. The van der Waals surface area contributed by atoms with E-state index in [1.807, 2.05) is 32.2 Å². The van der Waals surface area contributed by atoms with Crippen molar-refractivity contribution in [3.05, 3.63) is 47.8 Å². The van der Waals surface area contributed by atoms with E-state index in [9.17, 15) is 4.79 Å². The van der Waals surface area contributed by atoms with Crippen molar-refractivity contribution >= 4 is 34.2 Å². The molecule has 120 valence electrons. The molecule has 2 aromatic rings. The summed E-state index contributed by atoms with van der Waals surface area (Å²) in [6.07, 6.45) is 4.87. The fraction of sp³-hybridized carbons (Fsp3) is 0.368. The third-order valence-corrected chi connectivity index (χ3v) is 5.65. The molecule has 3 rings (SSSR count). The predicted molar refractivity (Wildman–Crippen MR) is 103 cm³/mol. The minimum absolute atomic E-state index is 0.0256. The van der Waals surface area contributed by atoms with Crippen molar-refractivity contribution < 1.29 is 4.79 Å². The molecule has 1 aliphatic rings. The lowest BCUT2D eigenvalue weighted by Crippen LogP contribution is -2.21. The number of halogens is 1. The Bertz CT molecular complexity index is 729. The number of nitrogens with one attached hydrogen (secondary N) is 1. The van der Waals surface area contributed by atoms with E-state index in [-0.39, 0.29) is 11.8 Å². The lowest BCUT2D eigenvalue weighted by atomic mass is 9.97. The van der Waals surface area contributed by atoms with Gasteiger partial charge in [0.15, 0.2) is 0 Å². The molecule has 2 atom stereocenters. The van der Waals surface area contributed by atoms with E-state index < -0.39 is 0 Å². The Morgan fingerprint density at radius 2 is 2.04 bits per heavy atom. The van der Waals surface area contributed by atoms with Crippen LogP contribution in [0.2, 0.25) is 0 Å². The number of rotatable bonds is 0. The topological polar surface area (TPSA) is 42.0 Å². The van der Waals surface area contributed by atoms with E-state index in [0.717, 1.165) is 47.3 Å². The maximum absolute atomic E-state index is 12.5. The highest BCUT2D eigenvalue weighted by Gasteiger charge is 2.19. The van der Waals surface area contributed by atoms with Crippen molar-refractivity contribution in [2.75, 3.05) is 5.32 Å². The molecule has 0 aliphatic carbocycles. The van der Waals surface area contributed by atoms with Gasteiger partial charge in [0, 0.05) is 23.4 Å². The first-order chi connectivity index (χ1) is 11.0. The Kier molecular flexibility index (Phi) is 4.99. The number of anilines is 1. The van der Waals surface area contributed by atoms with E-state index in [1.54, 1.807) is 0 Å². The summed E-state index contributed by atoms with van der Waals surface area (Å²) in [5, 5.41) is 3.13. The summed E-state index contributed by atoms with van der Waals surface area (Å²) in [5.74, 6) is 0.134. The SMILES string of the molecule is Cc1ccc2c(c1)NC(=O)[C@H](C)CCC[C@H](I)c1cc-2ccn1. The lowest BCUT2D eigenvalue weighted by molar-refractivity contribution is -0.119. The number of carbonyl (C=O) groups is 1. The number of benzene rings is 1. The molecule has 2 bridgehead atoms. The molecule has 1 aromatic carbocycles. The first kappa shape index (κ1) is 16.4. The molecule has 0 spiro atoms. The fourth-order valence-corrected chi connectivity index (χ4v) is 3.72. The van der Waals surface area contributed by atoms with Gasteiger partial charge in [-0.2, -0.15) is 0 Å². The fourth-order valence-electron chi connectivity index (χ4n) is 2.94. The molecular weight excluding hydrogens is 399 g/mol. The molecule has 0 unspecified atom stereocenters. The molecule has 1 aliphatic heterocycles. The molecule has 0 fully saturated rings. The second kappa shape index (κ2) is 6.99. The zero-order valence-electron chi connectivity index (χ0n) is 13.5. The molecule has 2 heterocycles. The Hall–Kier alpha value is -1.43. The molecular formula is C19H21IN2O. The summed E-state index contributed by atoms with van der Waals surface area (Å²) < 4.78 is 0.385. The van der Waals surface area contributed by atoms with Gasteiger partial charge in [0.2, 0.25) is 5.91 Å². The van der Waals surface area contributed by atoms with Crippen LogP contribution in [0.15, 0.2) is 36.5 Å². The van der Waals surface area contributed by atoms with Gasteiger partial charge >= 0.3 is 0 Å². The van der Waals surface area contributed by atoms with Crippen LogP contribution in [0.4, 0.5) is 5.69 Å². The van der Waals surface area contributed by atoms with Gasteiger partial charge in [-0.25, -0.2) is 0 Å². The van der Waals surface area contributed by atoms with Crippen molar-refractivity contribution in [1.82, 2.24) is 4.98 Å². The van der Waals surface area contributed by atoms with Gasteiger partial charge in [-0.05, 0) is 49.1 Å². The second-order valence-corrected chi connectivity index (χ2v) is 7.81. The smallest absolute Gasteiger partial charge is 0.227 e. The van der Waals surface area contributed by atoms with Crippen LogP contribution in [-0.4, -0.2) is 10.9 Å². The number of aromatic nitrogens is 1. The Morgan fingerprint density at radius 1 is 1.22 bits per heavy atom. The minimum Gasteiger partial charge on any atom is -0.325 e. The van der Waals surface area contributed by atoms with Crippen LogP contribution in [0, 0.1) is 12.8 Å². The molecule has 4 heteroatoms. The summed E-state index contributed by atoms with van der Waals surface area (Å²) in [5.41, 5.74) is 5.33. The quantitative estimate of drug-likeness (QED) is 0.465. The van der Waals surface area contributed by atoms with E-state index in [1.165, 1.54) is 0 Å². The zero-order chi connectivity index (χ0) is 16.4. The maximum Gasteiger partial charge on any atom is 0.227 e. The molecule has 1 aromatic heterocycles. The predicted octanol–water partition coefficient (Wildman–Crippen LogP) is 5.29. The number of fused-ring (bicyclic) bond motifs is 4. The van der Waals surface area contributed by atoms with Gasteiger partial charge in [0.25, 0.3) is 0 Å². The molecule has 1 amide bonds. The summed E-state index contributed by atoms with van der Waals surface area (Å²) in [6, 6.07) is 10.4. The third kappa shape index (κ3) is 3.74. The van der Waals surface area contributed by atoms with Crippen molar-refractivity contribution in [3.8, 4) is 11.1 Å². The van der Waals surface area contributed by atoms with Gasteiger partial charge in [-0.3, -0.25) is 9.78 Å². The van der Waals surface area contributed by atoms with E-state index in [4.69, 9.17) is 0 Å². The first-order valence-electron chi connectivity index (χ1n) is 8.06. The highest BCUT2D eigenvalue weighted by molar-refractivity contribution is 14.1. The van der Waals surface area contributed by atoms with Crippen molar-refractivity contribution in [2.45, 2.75) is 37.0 Å². The summed E-state index contributed by atoms with van der Waals surface area (Å²) >= 11 is 2.46. The van der Waals surface area contributed by atoms with Crippen LogP contribution < -0.4 is 5.32 Å². The minimum atomic E-state index is 0.0256. The van der Waals surface area contributed by atoms with Crippen molar-refractivity contribution in [3.63, 3.8) is 0 Å². The van der Waals surface area contributed by atoms with Gasteiger partial charge < -0.3 is 5.32 Å². The highest BCUT2D eigenvalue weighted by atomic mass is 127. The average molecular weight is 420 g/mol. The molecule has 3 nitrogen and oxygen atoms in total. The standard InChI is InChI=1S/C19H21IN2O/c1-12-6-7-15-14-8-9-21-18(11-14)16(20)5-3-4-13(2)19(23)22-17(15)10-12/h6-11,13,16H,3-5H2,1-2H3,(H,22,23)/t13-,16+/m1/s1. The van der Waals surface area contributed by atoms with Crippen LogP contribution in [0.3, 0.4) is 0 Å². The number of carbonyl (C=O) groups excluding carboxylic acids is 1. The summed E-state index contributed by atoms with van der Waals surface area (Å²) in [7, 11) is 0. The number of hydrogen-bond donors (Lipinski definition) is 1. The Balaban J connectivity index is 2.12. The summed E-state index contributed by atoms with van der Waals surface area (Å²) in [6.45, 7) is 4.06. The largest absolute Gasteiger partial charge is 0.325 e. The summed E-state index contributed by atoms with van der Waals surface area (Å²) in [4.78, 5) is 17.0. The van der Waals surface area contributed by atoms with E-state index >= 15 is 0 Å². The van der Waals surface area contributed by atoms with Crippen LogP contribution in [0.25, 0.3) is 11.1 Å². The van der Waals surface area contributed by atoms with Crippen LogP contribution >= 0.6 is 22.6 Å². The zero-order valence-corrected chi connectivity index (χ0v) is 15.6. The van der Waals surface area contributed by atoms with Gasteiger partial charge in [0.1, 0.15) is 0 Å². The number of hydrogen-bond acceptors (Lipinski definition) is 2. The number of aryl methyl sites for hydroxylation is 1. The highest BCUT2D eigenvalue weighted by Crippen LogP contribution is 2.35. The molecule has 23 heavy (non-hydrogen) atoms. The van der Waals surface area contributed by atoms with Gasteiger partial charge in [0.05, 0.1) is 9.62 Å². The average Bonchev–Trinajstić information content (AvgIpc) is 2.54. The van der Waals surface area contributed by atoms with Crippen LogP contribution in [0.1, 0.15) is 41.4 Å². The van der Waals surface area contributed by atoms with E-state index in [2.05, 4.69) is 51.1 Å². The van der Waals surface area contributed by atoms with Crippen LogP contribution in [0.5, 0.6) is 0 Å². The Labute approximate surface area is 151 Å². The maximum atomic E-state index is 12.5. The van der Waals surface area contributed by atoms with Gasteiger partial charge in [-0.1, -0.05) is 48.1 Å². The van der Waals surface area contributed by atoms with Crippen molar-refractivity contribution in [1.29, 1.82) is 0 Å². The lowest BCUT2D eigenvalue weighted by Gasteiger charge is -2.19. The number of alkyl halides is 1. The van der Waals surface area contributed by atoms with Gasteiger partial charge in [-0.15, -0.1) is 0 Å². The molecule has 0 radical (unpaired) electrons. The monoisotopic (exact) mass is 420 g/mol. The molecule has 0 saturated carbocycles. The number of amides is 1. The third-order valence-electron chi connectivity index (χ3n) is 4.39.